The summed E-state index contributed by atoms with van der Waals surface area (Å²) in [6.45, 7) is 3.44. The van der Waals surface area contributed by atoms with Crippen LogP contribution < -0.4 is 25.0 Å². The maximum Gasteiger partial charge on any atom is 0.259 e. The van der Waals surface area contributed by atoms with Gasteiger partial charge in [0.25, 0.3) is 11.8 Å². The molecular formula is C29H33N3O4. The monoisotopic (exact) mass is 487 g/mol. The molecule has 3 aromatic carbocycles. The number of para-hydroxylation sites is 1. The molecule has 0 bridgehead atoms. The molecular weight excluding hydrogens is 454 g/mol. The number of ether oxygens (including phenoxy) is 2. The zero-order valence-corrected chi connectivity index (χ0v) is 21.0. The lowest BCUT2D eigenvalue weighted by atomic mass is 10.0. The summed E-state index contributed by atoms with van der Waals surface area (Å²) < 4.78 is 10.8. The maximum absolute atomic E-state index is 13.2. The van der Waals surface area contributed by atoms with Crippen LogP contribution in [0.15, 0.2) is 72.8 Å². The molecule has 7 heteroatoms. The van der Waals surface area contributed by atoms with Crippen molar-refractivity contribution in [2.75, 3.05) is 32.2 Å². The molecule has 0 spiro atoms. The molecule has 1 saturated heterocycles. The van der Waals surface area contributed by atoms with Crippen LogP contribution >= 0.6 is 0 Å². The molecule has 1 heterocycles. The number of piperidine rings is 1. The zero-order chi connectivity index (χ0) is 25.5. The molecule has 2 N–H and O–H groups in total. The van der Waals surface area contributed by atoms with Crippen LogP contribution in [0, 0.1) is 0 Å². The molecule has 0 saturated carbocycles. The number of methoxy groups -OCH3 is 2. The zero-order valence-electron chi connectivity index (χ0n) is 21.0. The van der Waals surface area contributed by atoms with Gasteiger partial charge in [0.15, 0.2) is 0 Å². The summed E-state index contributed by atoms with van der Waals surface area (Å²) in [6.07, 6.45) is 1.53. The van der Waals surface area contributed by atoms with Gasteiger partial charge in [0.2, 0.25) is 0 Å². The third kappa shape index (κ3) is 5.62. The van der Waals surface area contributed by atoms with Crippen molar-refractivity contribution in [1.29, 1.82) is 0 Å². The molecule has 0 aliphatic carbocycles. The molecule has 1 atom stereocenters. The highest BCUT2D eigenvalue weighted by atomic mass is 16.5. The standard InChI is InChI=1S/C29H33N3O4/c1-20(21-10-5-4-6-11-21)30-28(33)23-12-7-8-13-24(23)32-18-16-22(17-19-32)31-29(34)27-25(35-2)14-9-15-26(27)36-3/h4-15,20,22H,16-19H2,1-3H3,(H,30,33)(H,31,34)/t20-/m0/s1. The van der Waals surface area contributed by atoms with E-state index in [2.05, 4.69) is 15.5 Å². The van der Waals surface area contributed by atoms with E-state index < -0.39 is 0 Å². The Balaban J connectivity index is 1.40. The Morgan fingerprint density at radius 3 is 2.08 bits per heavy atom. The average Bonchev–Trinajstić information content (AvgIpc) is 2.93. The lowest BCUT2D eigenvalue weighted by Gasteiger charge is -2.35. The molecule has 0 radical (unpaired) electrons. The molecule has 0 aromatic heterocycles. The van der Waals surface area contributed by atoms with Crippen molar-refractivity contribution in [1.82, 2.24) is 10.6 Å². The summed E-state index contributed by atoms with van der Waals surface area (Å²) >= 11 is 0. The quantitative estimate of drug-likeness (QED) is 0.486. The Morgan fingerprint density at radius 1 is 0.833 bits per heavy atom. The van der Waals surface area contributed by atoms with Crippen LogP contribution in [0.4, 0.5) is 5.69 Å². The largest absolute Gasteiger partial charge is 0.496 e. The lowest BCUT2D eigenvalue weighted by Crippen LogP contribution is -2.45. The van der Waals surface area contributed by atoms with E-state index in [0.717, 1.165) is 37.2 Å². The first-order chi connectivity index (χ1) is 17.5. The minimum atomic E-state index is -0.211. The van der Waals surface area contributed by atoms with Gasteiger partial charge < -0.3 is 25.0 Å². The van der Waals surface area contributed by atoms with Crippen molar-refractivity contribution < 1.29 is 19.1 Å². The molecule has 0 unspecified atom stereocenters. The van der Waals surface area contributed by atoms with Crippen molar-refractivity contribution in [3.05, 3.63) is 89.5 Å². The van der Waals surface area contributed by atoms with Crippen molar-refractivity contribution in [3.63, 3.8) is 0 Å². The Morgan fingerprint density at radius 2 is 1.44 bits per heavy atom. The fourth-order valence-corrected chi connectivity index (χ4v) is 4.64. The van der Waals surface area contributed by atoms with Gasteiger partial charge in [-0.2, -0.15) is 0 Å². The van der Waals surface area contributed by atoms with Crippen molar-refractivity contribution >= 4 is 17.5 Å². The van der Waals surface area contributed by atoms with Crippen LogP contribution in [-0.2, 0) is 0 Å². The maximum atomic E-state index is 13.2. The van der Waals surface area contributed by atoms with Gasteiger partial charge in [-0.1, -0.05) is 48.5 Å². The molecule has 4 rings (SSSR count). The molecule has 1 aliphatic rings. The second kappa shape index (κ2) is 11.6. The number of carbonyl (C=O) groups is 2. The number of hydrogen-bond acceptors (Lipinski definition) is 5. The molecule has 1 aliphatic heterocycles. The topological polar surface area (TPSA) is 79.9 Å². The third-order valence-corrected chi connectivity index (χ3v) is 6.62. The van der Waals surface area contributed by atoms with Crippen LogP contribution in [0.5, 0.6) is 11.5 Å². The Kier molecular flexibility index (Phi) is 8.10. The number of nitrogens with zero attached hydrogens (tertiary/aromatic N) is 1. The highest BCUT2D eigenvalue weighted by molar-refractivity contribution is 6.00. The van der Waals surface area contributed by atoms with Gasteiger partial charge in [-0.25, -0.2) is 0 Å². The van der Waals surface area contributed by atoms with E-state index in [4.69, 9.17) is 9.47 Å². The van der Waals surface area contributed by atoms with Crippen LogP contribution in [0.1, 0.15) is 52.1 Å². The number of hydrogen-bond donors (Lipinski definition) is 2. The smallest absolute Gasteiger partial charge is 0.259 e. The Bertz CT molecular complexity index is 1170. The first-order valence-electron chi connectivity index (χ1n) is 12.2. The highest BCUT2D eigenvalue weighted by Crippen LogP contribution is 2.29. The number of carbonyl (C=O) groups excluding carboxylic acids is 2. The van der Waals surface area contributed by atoms with Gasteiger partial charge in [-0.3, -0.25) is 9.59 Å². The van der Waals surface area contributed by atoms with Crippen LogP contribution in [0.2, 0.25) is 0 Å². The van der Waals surface area contributed by atoms with Gasteiger partial charge >= 0.3 is 0 Å². The van der Waals surface area contributed by atoms with Gasteiger partial charge in [-0.05, 0) is 49.6 Å². The Labute approximate surface area is 212 Å². The van der Waals surface area contributed by atoms with E-state index in [1.807, 2.05) is 61.5 Å². The average molecular weight is 488 g/mol. The SMILES string of the molecule is COc1cccc(OC)c1C(=O)NC1CCN(c2ccccc2C(=O)N[C@@H](C)c2ccccc2)CC1. The van der Waals surface area contributed by atoms with Crippen molar-refractivity contribution in [2.45, 2.75) is 31.8 Å². The van der Waals surface area contributed by atoms with E-state index in [-0.39, 0.29) is 23.9 Å². The first-order valence-corrected chi connectivity index (χ1v) is 12.2. The van der Waals surface area contributed by atoms with E-state index >= 15 is 0 Å². The summed E-state index contributed by atoms with van der Waals surface area (Å²) in [7, 11) is 3.08. The molecule has 188 valence electrons. The highest BCUT2D eigenvalue weighted by Gasteiger charge is 2.26. The van der Waals surface area contributed by atoms with E-state index in [1.165, 1.54) is 14.2 Å². The van der Waals surface area contributed by atoms with Crippen LogP contribution in [-0.4, -0.2) is 45.2 Å². The normalized spacial score (nSPS) is 14.6. The predicted molar refractivity (Wildman–Crippen MR) is 141 cm³/mol. The van der Waals surface area contributed by atoms with E-state index in [0.29, 0.717) is 22.6 Å². The van der Waals surface area contributed by atoms with Crippen LogP contribution in [0.25, 0.3) is 0 Å². The summed E-state index contributed by atoms with van der Waals surface area (Å²) in [5, 5.41) is 6.25. The van der Waals surface area contributed by atoms with E-state index in [9.17, 15) is 9.59 Å². The number of benzene rings is 3. The number of amides is 2. The summed E-state index contributed by atoms with van der Waals surface area (Å²) in [4.78, 5) is 28.4. The molecule has 36 heavy (non-hydrogen) atoms. The van der Waals surface area contributed by atoms with Gasteiger partial charge in [0.1, 0.15) is 17.1 Å². The summed E-state index contributed by atoms with van der Waals surface area (Å²) in [5.74, 6) is 0.654. The van der Waals surface area contributed by atoms with Crippen molar-refractivity contribution in [2.24, 2.45) is 0 Å². The minimum absolute atomic E-state index is 0.0162. The fourth-order valence-electron chi connectivity index (χ4n) is 4.64. The van der Waals surface area contributed by atoms with Crippen molar-refractivity contribution in [3.8, 4) is 11.5 Å². The Hall–Kier alpha value is -4.00. The predicted octanol–water partition coefficient (Wildman–Crippen LogP) is 4.59. The summed E-state index contributed by atoms with van der Waals surface area (Å²) in [5.41, 5.74) is 3.03. The second-order valence-electron chi connectivity index (χ2n) is 8.90. The van der Waals surface area contributed by atoms with E-state index in [1.54, 1.807) is 18.2 Å². The fraction of sp³-hybridized carbons (Fsp3) is 0.310. The van der Waals surface area contributed by atoms with Gasteiger partial charge in [-0.15, -0.1) is 0 Å². The number of anilines is 1. The first kappa shape index (κ1) is 25.1. The third-order valence-electron chi connectivity index (χ3n) is 6.62. The number of rotatable bonds is 8. The van der Waals surface area contributed by atoms with Crippen LogP contribution in [0.3, 0.4) is 0 Å². The minimum Gasteiger partial charge on any atom is -0.496 e. The van der Waals surface area contributed by atoms with Gasteiger partial charge in [0, 0.05) is 24.8 Å². The molecule has 1 fully saturated rings. The molecule has 7 nitrogen and oxygen atoms in total. The number of nitrogens with one attached hydrogen (secondary N) is 2. The second-order valence-corrected chi connectivity index (χ2v) is 8.90. The molecule has 2 amide bonds. The van der Waals surface area contributed by atoms with Gasteiger partial charge in [0.05, 0.1) is 25.8 Å². The summed E-state index contributed by atoms with van der Waals surface area (Å²) in [6, 6.07) is 22.8. The molecule has 3 aromatic rings. The lowest BCUT2D eigenvalue weighted by molar-refractivity contribution is 0.0922.